The smallest absolute Gasteiger partial charge is 0.0710 e. The van der Waals surface area contributed by atoms with E-state index >= 15 is 0 Å². The van der Waals surface area contributed by atoms with Crippen LogP contribution in [0, 0.1) is 11.8 Å². The Labute approximate surface area is 73.2 Å². The molecule has 0 heterocycles. The van der Waals surface area contributed by atoms with Gasteiger partial charge in [-0.1, -0.05) is 0 Å². The zero-order valence-electron chi connectivity index (χ0n) is 5.66. The van der Waals surface area contributed by atoms with E-state index in [-0.39, 0.29) is 24.8 Å². The first kappa shape index (κ1) is 13.1. The van der Waals surface area contributed by atoms with Crippen LogP contribution < -0.4 is 11.6 Å². The third kappa shape index (κ3) is 3.58. The molecule has 0 aliphatic heterocycles. The summed E-state index contributed by atoms with van der Waals surface area (Å²) >= 11 is 0. The van der Waals surface area contributed by atoms with Gasteiger partial charge in [0.15, 0.2) is 0 Å². The molecule has 0 spiro atoms. The van der Waals surface area contributed by atoms with Crippen LogP contribution in [0.25, 0.3) is 0 Å². The molecular weight excluding hydrogens is 175 g/mol. The van der Waals surface area contributed by atoms with Gasteiger partial charge in [-0.25, -0.2) is 5.90 Å². The second kappa shape index (κ2) is 6.19. The van der Waals surface area contributed by atoms with Crippen LogP contribution in [0.2, 0.25) is 0 Å². The van der Waals surface area contributed by atoms with Crippen LogP contribution in [-0.2, 0) is 4.84 Å². The molecule has 1 aliphatic carbocycles. The summed E-state index contributed by atoms with van der Waals surface area (Å²) in [4.78, 5) is 4.44. The standard InChI is InChI=1S/C5H12N2O.2ClH/c6-2-4-1-5(4)3-8-7;;/h4-5H,1-3,6-7H2;2*1H/t4-,5+;;/m0../s1. The molecule has 0 saturated heterocycles. The van der Waals surface area contributed by atoms with Crippen LogP contribution in [-0.4, -0.2) is 13.2 Å². The average Bonchev–Trinajstić information content (AvgIpc) is 2.48. The summed E-state index contributed by atoms with van der Waals surface area (Å²) in [5.74, 6) is 6.20. The van der Waals surface area contributed by atoms with E-state index in [4.69, 9.17) is 11.6 Å². The fourth-order valence-corrected chi connectivity index (χ4v) is 0.927. The van der Waals surface area contributed by atoms with Crippen molar-refractivity contribution >= 4 is 24.8 Å². The van der Waals surface area contributed by atoms with Crippen molar-refractivity contribution in [3.05, 3.63) is 0 Å². The fourth-order valence-electron chi connectivity index (χ4n) is 0.927. The number of halogens is 2. The van der Waals surface area contributed by atoms with Crippen LogP contribution in [0.15, 0.2) is 0 Å². The van der Waals surface area contributed by atoms with Gasteiger partial charge >= 0.3 is 0 Å². The molecule has 64 valence electrons. The minimum absolute atomic E-state index is 0. The molecule has 1 aliphatic rings. The van der Waals surface area contributed by atoms with Gasteiger partial charge in [0.1, 0.15) is 0 Å². The van der Waals surface area contributed by atoms with Crippen LogP contribution in [0.3, 0.4) is 0 Å². The lowest BCUT2D eigenvalue weighted by Gasteiger charge is -1.91. The Kier molecular flexibility index (Phi) is 8.09. The van der Waals surface area contributed by atoms with Crippen molar-refractivity contribution in [3.8, 4) is 0 Å². The van der Waals surface area contributed by atoms with Crippen molar-refractivity contribution in [1.82, 2.24) is 0 Å². The highest BCUT2D eigenvalue weighted by Gasteiger charge is 2.35. The Morgan fingerprint density at radius 2 is 1.90 bits per heavy atom. The molecule has 0 unspecified atom stereocenters. The predicted molar refractivity (Wildman–Crippen MR) is 45.3 cm³/mol. The Morgan fingerprint density at radius 1 is 1.30 bits per heavy atom. The number of hydrogen-bond donors (Lipinski definition) is 2. The first-order valence-electron chi connectivity index (χ1n) is 2.90. The van der Waals surface area contributed by atoms with Crippen molar-refractivity contribution < 1.29 is 4.84 Å². The van der Waals surface area contributed by atoms with Crippen molar-refractivity contribution in [3.63, 3.8) is 0 Å². The van der Waals surface area contributed by atoms with E-state index < -0.39 is 0 Å². The van der Waals surface area contributed by atoms with Crippen molar-refractivity contribution in [2.45, 2.75) is 6.42 Å². The molecule has 0 aromatic carbocycles. The van der Waals surface area contributed by atoms with Crippen molar-refractivity contribution in [2.75, 3.05) is 13.2 Å². The fraction of sp³-hybridized carbons (Fsp3) is 1.00. The molecule has 1 saturated carbocycles. The number of hydrogen-bond acceptors (Lipinski definition) is 3. The topological polar surface area (TPSA) is 61.3 Å². The number of nitrogens with two attached hydrogens (primary N) is 2. The summed E-state index contributed by atoms with van der Waals surface area (Å²) in [7, 11) is 0. The molecule has 1 fully saturated rings. The van der Waals surface area contributed by atoms with E-state index in [0.717, 1.165) is 6.54 Å². The first-order valence-corrected chi connectivity index (χ1v) is 2.90. The van der Waals surface area contributed by atoms with Crippen molar-refractivity contribution in [1.29, 1.82) is 0 Å². The maximum absolute atomic E-state index is 5.36. The van der Waals surface area contributed by atoms with Gasteiger partial charge in [0, 0.05) is 0 Å². The van der Waals surface area contributed by atoms with Gasteiger partial charge in [-0.3, -0.25) is 0 Å². The molecule has 0 aromatic rings. The summed E-state index contributed by atoms with van der Waals surface area (Å²) < 4.78 is 0. The zero-order chi connectivity index (χ0) is 5.98. The molecule has 5 heteroatoms. The van der Waals surface area contributed by atoms with Crippen LogP contribution in [0.1, 0.15) is 6.42 Å². The van der Waals surface area contributed by atoms with Gasteiger partial charge in [-0.2, -0.15) is 0 Å². The van der Waals surface area contributed by atoms with Crippen LogP contribution in [0.5, 0.6) is 0 Å². The zero-order valence-corrected chi connectivity index (χ0v) is 7.29. The Bertz CT molecular complexity index is 84.0. The second-order valence-corrected chi connectivity index (χ2v) is 2.32. The molecule has 0 aromatic heterocycles. The minimum Gasteiger partial charge on any atom is -0.330 e. The normalized spacial score (nSPS) is 28.2. The molecule has 0 amide bonds. The van der Waals surface area contributed by atoms with Gasteiger partial charge in [-0.15, -0.1) is 24.8 Å². The molecule has 2 atom stereocenters. The lowest BCUT2D eigenvalue weighted by Crippen LogP contribution is -2.08. The SMILES string of the molecule is Cl.Cl.NC[C@@H]1C[C@@H]1CON. The molecule has 4 N–H and O–H groups in total. The summed E-state index contributed by atoms with van der Waals surface area (Å²) in [6.07, 6.45) is 1.20. The molecule has 0 bridgehead atoms. The van der Waals surface area contributed by atoms with E-state index in [1.807, 2.05) is 0 Å². The van der Waals surface area contributed by atoms with E-state index in [9.17, 15) is 0 Å². The molecule has 3 nitrogen and oxygen atoms in total. The highest BCUT2D eigenvalue weighted by Crippen LogP contribution is 2.36. The van der Waals surface area contributed by atoms with Gasteiger partial charge in [0.2, 0.25) is 0 Å². The molecular formula is C5H14Cl2N2O. The molecule has 10 heavy (non-hydrogen) atoms. The third-order valence-corrected chi connectivity index (χ3v) is 1.68. The van der Waals surface area contributed by atoms with E-state index in [1.54, 1.807) is 0 Å². The largest absolute Gasteiger partial charge is 0.330 e. The summed E-state index contributed by atoms with van der Waals surface area (Å²) in [6.45, 7) is 1.47. The lowest BCUT2D eigenvalue weighted by molar-refractivity contribution is 0.124. The summed E-state index contributed by atoms with van der Waals surface area (Å²) in [5.41, 5.74) is 5.36. The maximum Gasteiger partial charge on any atom is 0.0710 e. The maximum atomic E-state index is 5.36. The lowest BCUT2D eigenvalue weighted by atomic mass is 10.3. The third-order valence-electron chi connectivity index (χ3n) is 1.68. The first-order chi connectivity index (χ1) is 3.88. The Morgan fingerprint density at radius 3 is 2.20 bits per heavy atom. The second-order valence-electron chi connectivity index (χ2n) is 2.32. The van der Waals surface area contributed by atoms with Gasteiger partial charge in [-0.05, 0) is 24.8 Å². The molecule has 1 rings (SSSR count). The van der Waals surface area contributed by atoms with E-state index in [1.165, 1.54) is 6.42 Å². The predicted octanol–water partition coefficient (Wildman–Crippen LogP) is 0.315. The van der Waals surface area contributed by atoms with E-state index in [0.29, 0.717) is 18.4 Å². The number of rotatable bonds is 3. The van der Waals surface area contributed by atoms with Crippen LogP contribution in [0.4, 0.5) is 0 Å². The minimum atomic E-state index is 0. The summed E-state index contributed by atoms with van der Waals surface area (Å²) in [6, 6.07) is 0. The summed E-state index contributed by atoms with van der Waals surface area (Å²) in [5, 5.41) is 0. The Balaban J connectivity index is 0. The van der Waals surface area contributed by atoms with Crippen molar-refractivity contribution in [2.24, 2.45) is 23.5 Å². The van der Waals surface area contributed by atoms with Gasteiger partial charge < -0.3 is 10.6 Å². The average molecular weight is 189 g/mol. The highest BCUT2D eigenvalue weighted by atomic mass is 35.5. The highest BCUT2D eigenvalue weighted by molar-refractivity contribution is 5.85. The monoisotopic (exact) mass is 188 g/mol. The Hall–Kier alpha value is 0.460. The van der Waals surface area contributed by atoms with E-state index in [2.05, 4.69) is 4.84 Å². The van der Waals surface area contributed by atoms with Gasteiger partial charge in [0.25, 0.3) is 0 Å². The quantitative estimate of drug-likeness (QED) is 0.628. The molecule has 0 radical (unpaired) electrons. The van der Waals surface area contributed by atoms with Crippen LogP contribution >= 0.6 is 24.8 Å². The van der Waals surface area contributed by atoms with Gasteiger partial charge in [0.05, 0.1) is 6.61 Å².